The third kappa shape index (κ3) is 2.03. The van der Waals surface area contributed by atoms with Gasteiger partial charge >= 0.3 is 5.97 Å². The van der Waals surface area contributed by atoms with Gasteiger partial charge in [-0.15, -0.1) is 0 Å². The van der Waals surface area contributed by atoms with E-state index in [4.69, 9.17) is 4.74 Å². The zero-order valence-corrected chi connectivity index (χ0v) is 10.5. The number of hydrogen-bond acceptors (Lipinski definition) is 3. The van der Waals surface area contributed by atoms with Crippen molar-refractivity contribution in [2.75, 3.05) is 7.11 Å². The molecule has 1 aromatic rings. The Hall–Kier alpha value is -1.71. The van der Waals surface area contributed by atoms with E-state index >= 15 is 0 Å². The minimum atomic E-state index is -0.961. The fraction of sp³-hybridized carbons (Fsp3) is 0.500. The summed E-state index contributed by atoms with van der Waals surface area (Å²) in [4.78, 5) is 11.7. The molecular formula is C14H18O4. The molecule has 4 heteroatoms. The molecule has 0 aliphatic heterocycles. The molecule has 0 heterocycles. The molecule has 0 unspecified atom stereocenters. The number of benzene rings is 1. The molecule has 2 N–H and O–H groups in total. The van der Waals surface area contributed by atoms with Crippen LogP contribution < -0.4 is 4.74 Å². The molecule has 0 amide bonds. The zero-order valence-electron chi connectivity index (χ0n) is 10.5. The Morgan fingerprint density at radius 1 is 1.28 bits per heavy atom. The fourth-order valence-electron chi connectivity index (χ4n) is 2.78. The van der Waals surface area contributed by atoms with E-state index in [9.17, 15) is 15.0 Å². The van der Waals surface area contributed by atoms with Crippen molar-refractivity contribution < 1.29 is 19.7 Å². The minimum Gasteiger partial charge on any atom is -0.508 e. The molecule has 0 radical (unpaired) electrons. The summed E-state index contributed by atoms with van der Waals surface area (Å²) < 4.78 is 5.12. The summed E-state index contributed by atoms with van der Waals surface area (Å²) in [6.45, 7) is 0. The van der Waals surface area contributed by atoms with Crippen molar-refractivity contribution in [3.05, 3.63) is 23.8 Å². The first-order valence-electron chi connectivity index (χ1n) is 6.21. The van der Waals surface area contributed by atoms with Crippen LogP contribution in [0.5, 0.6) is 11.5 Å². The Bertz CT molecular complexity index is 447. The van der Waals surface area contributed by atoms with E-state index in [1.165, 1.54) is 13.2 Å². The number of carboxylic acids is 1. The van der Waals surface area contributed by atoms with E-state index in [1.807, 2.05) is 0 Å². The Labute approximate surface area is 106 Å². The van der Waals surface area contributed by atoms with E-state index in [0.717, 1.165) is 19.3 Å². The van der Waals surface area contributed by atoms with Gasteiger partial charge in [-0.2, -0.15) is 0 Å². The Morgan fingerprint density at radius 3 is 2.50 bits per heavy atom. The third-order valence-corrected chi connectivity index (χ3v) is 3.84. The lowest BCUT2D eigenvalue weighted by Gasteiger charge is -2.34. The van der Waals surface area contributed by atoms with Gasteiger partial charge < -0.3 is 14.9 Å². The first kappa shape index (κ1) is 12.7. The summed E-state index contributed by atoms with van der Waals surface area (Å²) in [5.74, 6) is -0.236. The SMILES string of the molecule is COc1ccc(O)c(C2(C(=O)O)CCCCC2)c1. The number of methoxy groups -OCH3 is 1. The van der Waals surface area contributed by atoms with Crippen LogP contribution in [-0.2, 0) is 10.2 Å². The van der Waals surface area contributed by atoms with Crippen LogP contribution in [0.25, 0.3) is 0 Å². The van der Waals surface area contributed by atoms with Crippen LogP contribution in [0.1, 0.15) is 37.7 Å². The highest BCUT2D eigenvalue weighted by molar-refractivity contribution is 5.82. The number of phenols is 1. The number of carboxylic acid groups (broad SMARTS) is 1. The summed E-state index contributed by atoms with van der Waals surface area (Å²) in [5, 5.41) is 19.6. The molecule has 1 fully saturated rings. The van der Waals surface area contributed by atoms with Gasteiger partial charge in [0.1, 0.15) is 11.5 Å². The molecule has 0 spiro atoms. The van der Waals surface area contributed by atoms with Crippen LogP contribution in [0.3, 0.4) is 0 Å². The number of aromatic hydroxyl groups is 1. The molecule has 98 valence electrons. The van der Waals surface area contributed by atoms with Crippen molar-refractivity contribution in [3.8, 4) is 11.5 Å². The summed E-state index contributed by atoms with van der Waals surface area (Å²) in [6.07, 6.45) is 3.96. The van der Waals surface area contributed by atoms with Crippen molar-refractivity contribution in [3.63, 3.8) is 0 Å². The minimum absolute atomic E-state index is 0.0418. The van der Waals surface area contributed by atoms with Crippen LogP contribution >= 0.6 is 0 Å². The van der Waals surface area contributed by atoms with Gasteiger partial charge in [0.05, 0.1) is 12.5 Å². The average Bonchev–Trinajstić information content (AvgIpc) is 2.40. The predicted octanol–water partition coefficient (Wildman–Crippen LogP) is 2.69. The van der Waals surface area contributed by atoms with Gasteiger partial charge in [0.25, 0.3) is 0 Å². The monoisotopic (exact) mass is 250 g/mol. The van der Waals surface area contributed by atoms with E-state index in [1.54, 1.807) is 12.1 Å². The first-order valence-corrected chi connectivity index (χ1v) is 6.21. The number of ether oxygens (including phenoxy) is 1. The van der Waals surface area contributed by atoms with Crippen molar-refractivity contribution in [2.45, 2.75) is 37.5 Å². The van der Waals surface area contributed by atoms with E-state index in [-0.39, 0.29) is 5.75 Å². The van der Waals surface area contributed by atoms with Crippen LogP contribution in [-0.4, -0.2) is 23.3 Å². The maximum Gasteiger partial charge on any atom is 0.314 e. The third-order valence-electron chi connectivity index (χ3n) is 3.84. The van der Waals surface area contributed by atoms with Crippen molar-refractivity contribution in [1.29, 1.82) is 0 Å². The van der Waals surface area contributed by atoms with E-state index in [0.29, 0.717) is 24.2 Å². The fourth-order valence-corrected chi connectivity index (χ4v) is 2.78. The lowest BCUT2D eigenvalue weighted by molar-refractivity contribution is -0.145. The molecule has 1 saturated carbocycles. The van der Waals surface area contributed by atoms with Gasteiger partial charge in [-0.05, 0) is 31.0 Å². The molecule has 0 bridgehead atoms. The molecule has 0 aromatic heterocycles. The molecule has 0 saturated heterocycles. The molecule has 1 aromatic carbocycles. The molecule has 2 rings (SSSR count). The molecule has 1 aliphatic carbocycles. The highest BCUT2D eigenvalue weighted by Gasteiger charge is 2.43. The number of phenolic OH excluding ortho intramolecular Hbond substituents is 1. The molecular weight excluding hydrogens is 232 g/mol. The predicted molar refractivity (Wildman–Crippen MR) is 67.1 cm³/mol. The van der Waals surface area contributed by atoms with Crippen molar-refractivity contribution in [2.24, 2.45) is 0 Å². The molecule has 0 atom stereocenters. The normalized spacial score (nSPS) is 18.3. The van der Waals surface area contributed by atoms with Crippen molar-refractivity contribution >= 4 is 5.97 Å². The Balaban J connectivity index is 2.51. The standard InChI is InChI=1S/C14H18O4/c1-18-10-5-6-12(15)11(9-10)14(13(16)17)7-3-2-4-8-14/h5-6,9,15H,2-4,7-8H2,1H3,(H,16,17). The second-order valence-corrected chi connectivity index (χ2v) is 4.83. The largest absolute Gasteiger partial charge is 0.508 e. The Kier molecular flexibility index (Phi) is 3.45. The summed E-state index contributed by atoms with van der Waals surface area (Å²) in [5.41, 5.74) is -0.481. The topological polar surface area (TPSA) is 66.8 Å². The molecule has 18 heavy (non-hydrogen) atoms. The smallest absolute Gasteiger partial charge is 0.314 e. The maximum atomic E-state index is 11.7. The highest BCUT2D eigenvalue weighted by Crippen LogP contribution is 2.44. The van der Waals surface area contributed by atoms with Crippen LogP contribution in [0, 0.1) is 0 Å². The van der Waals surface area contributed by atoms with E-state index in [2.05, 4.69) is 0 Å². The Morgan fingerprint density at radius 2 is 1.94 bits per heavy atom. The number of carbonyl (C=O) groups is 1. The lowest BCUT2D eigenvalue weighted by atomic mass is 9.69. The quantitative estimate of drug-likeness (QED) is 0.865. The van der Waals surface area contributed by atoms with Crippen LogP contribution in [0.4, 0.5) is 0 Å². The number of hydrogen-bond donors (Lipinski definition) is 2. The van der Waals surface area contributed by atoms with Gasteiger partial charge in [0.2, 0.25) is 0 Å². The average molecular weight is 250 g/mol. The van der Waals surface area contributed by atoms with Crippen molar-refractivity contribution in [1.82, 2.24) is 0 Å². The lowest BCUT2D eigenvalue weighted by Crippen LogP contribution is -2.37. The summed E-state index contributed by atoms with van der Waals surface area (Å²) in [6, 6.07) is 4.79. The first-order chi connectivity index (χ1) is 8.60. The van der Waals surface area contributed by atoms with Gasteiger partial charge in [-0.1, -0.05) is 19.3 Å². The van der Waals surface area contributed by atoms with Gasteiger partial charge in [0, 0.05) is 5.56 Å². The highest BCUT2D eigenvalue weighted by atomic mass is 16.5. The second-order valence-electron chi connectivity index (χ2n) is 4.83. The van der Waals surface area contributed by atoms with Crippen LogP contribution in [0.15, 0.2) is 18.2 Å². The summed E-state index contributed by atoms with van der Waals surface area (Å²) >= 11 is 0. The molecule has 1 aliphatic rings. The van der Waals surface area contributed by atoms with Gasteiger partial charge in [-0.3, -0.25) is 4.79 Å². The van der Waals surface area contributed by atoms with E-state index < -0.39 is 11.4 Å². The number of rotatable bonds is 3. The second kappa shape index (κ2) is 4.88. The zero-order chi connectivity index (χ0) is 13.2. The molecule has 4 nitrogen and oxygen atoms in total. The van der Waals surface area contributed by atoms with Gasteiger partial charge in [-0.25, -0.2) is 0 Å². The summed E-state index contributed by atoms with van der Waals surface area (Å²) in [7, 11) is 1.53. The van der Waals surface area contributed by atoms with Crippen LogP contribution in [0.2, 0.25) is 0 Å². The number of aliphatic carboxylic acids is 1. The van der Waals surface area contributed by atoms with Gasteiger partial charge in [0.15, 0.2) is 0 Å². The maximum absolute atomic E-state index is 11.7.